The lowest BCUT2D eigenvalue weighted by molar-refractivity contribution is -0.0374. The van der Waals surface area contributed by atoms with Crippen LogP contribution in [0.1, 0.15) is 29.0 Å². The maximum absolute atomic E-state index is 12.3. The van der Waals surface area contributed by atoms with Crippen LogP contribution in [0.2, 0.25) is 0 Å². The van der Waals surface area contributed by atoms with Crippen molar-refractivity contribution >= 4 is 5.65 Å². The third-order valence-electron chi connectivity index (χ3n) is 4.30. The maximum Gasteiger partial charge on any atom is 0.258 e. The molecule has 3 aromatic rings. The molecule has 4 rings (SSSR count). The number of aromatic nitrogens is 5. The Kier molecular flexibility index (Phi) is 4.06. The summed E-state index contributed by atoms with van der Waals surface area (Å²) < 4.78 is 7.36. The molecule has 3 aromatic heterocycles. The summed E-state index contributed by atoms with van der Waals surface area (Å²) in [6.07, 6.45) is 1.65. The van der Waals surface area contributed by atoms with E-state index in [0.29, 0.717) is 31.2 Å². The molecule has 0 saturated carbocycles. The maximum atomic E-state index is 12.3. The van der Waals surface area contributed by atoms with Gasteiger partial charge in [-0.1, -0.05) is 6.07 Å². The van der Waals surface area contributed by atoms with E-state index in [1.165, 1.54) is 0 Å². The number of morpholine rings is 1. The standard InChI is InChI=1S/C17H20N6O2/c1-11-3-4-15-19-13(7-16(24)23(15)8-11)9-22-5-6-25-14(10-22)17-18-12(2)20-21-17/h3-4,7-8,14H,5-6,9-10H2,1-2H3,(H,18,20,21)/t14-/m0/s1. The fourth-order valence-electron chi connectivity index (χ4n) is 3.07. The lowest BCUT2D eigenvalue weighted by Crippen LogP contribution is -2.38. The van der Waals surface area contributed by atoms with Gasteiger partial charge in [0, 0.05) is 31.9 Å². The Morgan fingerprint density at radius 2 is 2.20 bits per heavy atom. The van der Waals surface area contributed by atoms with Gasteiger partial charge in [0.1, 0.15) is 17.6 Å². The first-order chi connectivity index (χ1) is 12.1. The van der Waals surface area contributed by atoms with Gasteiger partial charge in [-0.15, -0.1) is 0 Å². The van der Waals surface area contributed by atoms with Crippen LogP contribution in [0.3, 0.4) is 0 Å². The zero-order valence-electron chi connectivity index (χ0n) is 14.3. The third-order valence-corrected chi connectivity index (χ3v) is 4.30. The molecule has 1 aliphatic rings. The van der Waals surface area contributed by atoms with Crippen LogP contribution in [-0.2, 0) is 11.3 Å². The van der Waals surface area contributed by atoms with Crippen molar-refractivity contribution in [1.82, 2.24) is 29.5 Å². The van der Waals surface area contributed by atoms with Gasteiger partial charge in [0.2, 0.25) is 0 Å². The molecule has 4 heterocycles. The SMILES string of the molecule is Cc1ccc2nc(CN3CCO[C@H](c4n[nH]c(C)n4)C3)cc(=O)n2c1. The van der Waals surface area contributed by atoms with Crippen LogP contribution in [0.5, 0.6) is 0 Å². The van der Waals surface area contributed by atoms with Gasteiger partial charge in [0.05, 0.1) is 12.3 Å². The van der Waals surface area contributed by atoms with Crippen molar-refractivity contribution in [2.75, 3.05) is 19.7 Å². The first kappa shape index (κ1) is 15.9. The normalized spacial score (nSPS) is 18.7. The Hall–Kier alpha value is -2.58. The summed E-state index contributed by atoms with van der Waals surface area (Å²) >= 11 is 0. The lowest BCUT2D eigenvalue weighted by Gasteiger charge is -2.31. The van der Waals surface area contributed by atoms with E-state index in [-0.39, 0.29) is 11.7 Å². The zero-order chi connectivity index (χ0) is 17.4. The highest BCUT2D eigenvalue weighted by atomic mass is 16.5. The van der Waals surface area contributed by atoms with Gasteiger partial charge in [-0.25, -0.2) is 9.97 Å². The Morgan fingerprint density at radius 3 is 3.00 bits per heavy atom. The summed E-state index contributed by atoms with van der Waals surface area (Å²) in [5.41, 5.74) is 2.41. The average molecular weight is 340 g/mol. The molecular weight excluding hydrogens is 320 g/mol. The van der Waals surface area contributed by atoms with Crippen molar-refractivity contribution in [2.45, 2.75) is 26.5 Å². The second-order valence-electron chi connectivity index (χ2n) is 6.39. The number of aryl methyl sites for hydroxylation is 2. The molecule has 0 spiro atoms. The molecule has 25 heavy (non-hydrogen) atoms. The molecule has 1 saturated heterocycles. The minimum atomic E-state index is -0.164. The Morgan fingerprint density at radius 1 is 1.32 bits per heavy atom. The van der Waals surface area contributed by atoms with E-state index in [0.717, 1.165) is 23.6 Å². The van der Waals surface area contributed by atoms with Crippen LogP contribution in [0.4, 0.5) is 0 Å². The van der Waals surface area contributed by atoms with Crippen LogP contribution >= 0.6 is 0 Å². The van der Waals surface area contributed by atoms with E-state index in [1.807, 2.05) is 32.2 Å². The van der Waals surface area contributed by atoms with E-state index in [2.05, 4.69) is 25.1 Å². The van der Waals surface area contributed by atoms with Crippen molar-refractivity contribution in [3.8, 4) is 0 Å². The molecular formula is C17H20N6O2. The van der Waals surface area contributed by atoms with E-state index in [1.54, 1.807) is 10.5 Å². The predicted octanol–water partition coefficient (Wildman–Crippen LogP) is 1.00. The number of nitrogens with one attached hydrogen (secondary N) is 1. The van der Waals surface area contributed by atoms with Crippen LogP contribution < -0.4 is 5.56 Å². The fourth-order valence-corrected chi connectivity index (χ4v) is 3.07. The Balaban J connectivity index is 1.54. The van der Waals surface area contributed by atoms with Gasteiger partial charge < -0.3 is 4.74 Å². The largest absolute Gasteiger partial charge is 0.367 e. The molecule has 1 atom stereocenters. The number of rotatable bonds is 3. The van der Waals surface area contributed by atoms with Gasteiger partial charge in [0.15, 0.2) is 5.82 Å². The molecule has 0 amide bonds. The summed E-state index contributed by atoms with van der Waals surface area (Å²) in [6, 6.07) is 5.44. The van der Waals surface area contributed by atoms with E-state index in [4.69, 9.17) is 4.74 Å². The molecule has 1 fully saturated rings. The molecule has 0 unspecified atom stereocenters. The third kappa shape index (κ3) is 3.31. The summed E-state index contributed by atoms with van der Waals surface area (Å²) in [6.45, 7) is 6.48. The molecule has 130 valence electrons. The summed E-state index contributed by atoms with van der Waals surface area (Å²) in [7, 11) is 0. The number of fused-ring (bicyclic) bond motifs is 1. The van der Waals surface area contributed by atoms with Crippen molar-refractivity contribution in [2.24, 2.45) is 0 Å². The van der Waals surface area contributed by atoms with Crippen molar-refractivity contribution < 1.29 is 4.74 Å². The second kappa shape index (κ2) is 6.38. The number of aromatic amines is 1. The number of hydrogen-bond acceptors (Lipinski definition) is 6. The second-order valence-corrected chi connectivity index (χ2v) is 6.39. The molecule has 1 aliphatic heterocycles. The molecule has 8 heteroatoms. The molecule has 0 radical (unpaired) electrons. The summed E-state index contributed by atoms with van der Waals surface area (Å²) in [5.74, 6) is 1.44. The highest BCUT2D eigenvalue weighted by Gasteiger charge is 2.25. The lowest BCUT2D eigenvalue weighted by atomic mass is 10.2. The first-order valence-corrected chi connectivity index (χ1v) is 8.30. The van der Waals surface area contributed by atoms with Crippen LogP contribution in [-0.4, -0.2) is 49.2 Å². The number of ether oxygens (including phenoxy) is 1. The summed E-state index contributed by atoms with van der Waals surface area (Å²) in [5, 5.41) is 7.03. The zero-order valence-corrected chi connectivity index (χ0v) is 14.3. The highest BCUT2D eigenvalue weighted by Crippen LogP contribution is 2.20. The molecule has 1 N–H and O–H groups in total. The monoisotopic (exact) mass is 340 g/mol. The van der Waals surface area contributed by atoms with E-state index < -0.39 is 0 Å². The smallest absolute Gasteiger partial charge is 0.258 e. The van der Waals surface area contributed by atoms with Gasteiger partial charge >= 0.3 is 0 Å². The van der Waals surface area contributed by atoms with Gasteiger partial charge in [-0.05, 0) is 25.5 Å². The van der Waals surface area contributed by atoms with Crippen molar-refractivity contribution in [3.63, 3.8) is 0 Å². The van der Waals surface area contributed by atoms with Gasteiger partial charge in [-0.3, -0.25) is 19.2 Å². The first-order valence-electron chi connectivity index (χ1n) is 8.30. The number of H-pyrrole nitrogens is 1. The molecule has 0 aliphatic carbocycles. The topological polar surface area (TPSA) is 88.4 Å². The Labute approximate surface area is 144 Å². The van der Waals surface area contributed by atoms with Gasteiger partial charge in [0.25, 0.3) is 5.56 Å². The molecule has 8 nitrogen and oxygen atoms in total. The van der Waals surface area contributed by atoms with Gasteiger partial charge in [-0.2, -0.15) is 5.10 Å². The highest BCUT2D eigenvalue weighted by molar-refractivity contribution is 5.39. The van der Waals surface area contributed by atoms with E-state index >= 15 is 0 Å². The summed E-state index contributed by atoms with van der Waals surface area (Å²) in [4.78, 5) is 23.5. The Bertz CT molecular complexity index is 963. The number of nitrogens with zero attached hydrogens (tertiary/aromatic N) is 5. The van der Waals surface area contributed by atoms with Crippen LogP contribution in [0.15, 0.2) is 29.2 Å². The minimum absolute atomic E-state index is 0.0573. The van der Waals surface area contributed by atoms with Crippen LogP contribution in [0.25, 0.3) is 5.65 Å². The average Bonchev–Trinajstić information content (AvgIpc) is 3.02. The number of pyridine rings is 1. The van der Waals surface area contributed by atoms with E-state index in [9.17, 15) is 4.79 Å². The minimum Gasteiger partial charge on any atom is -0.367 e. The molecule has 0 aromatic carbocycles. The number of hydrogen-bond donors (Lipinski definition) is 1. The van der Waals surface area contributed by atoms with Crippen molar-refractivity contribution in [3.05, 3.63) is 57.7 Å². The quantitative estimate of drug-likeness (QED) is 0.765. The molecule has 0 bridgehead atoms. The predicted molar refractivity (Wildman–Crippen MR) is 91.3 cm³/mol. The van der Waals surface area contributed by atoms with Crippen LogP contribution in [0, 0.1) is 13.8 Å². The fraction of sp³-hybridized carbons (Fsp3) is 0.412. The van der Waals surface area contributed by atoms with Crippen molar-refractivity contribution in [1.29, 1.82) is 0 Å².